The second-order valence-corrected chi connectivity index (χ2v) is 8.89. The van der Waals surface area contributed by atoms with Crippen LogP contribution >= 0.6 is 10.7 Å². The van der Waals surface area contributed by atoms with Gasteiger partial charge in [0, 0.05) is 35.4 Å². The Bertz CT molecular complexity index is 1750. The fraction of sp³-hybridized carbons (Fsp3) is 0.400. The highest BCUT2D eigenvalue weighted by molar-refractivity contribution is 8.13. The molecule has 2 aromatic carbocycles. The smallest absolute Gasteiger partial charge is 0.225 e. The number of sulfonamides is 1. The van der Waals surface area contributed by atoms with Crippen LogP contribution in [0.2, 0.25) is 0 Å². The standard InChI is InChI=1S/C10H13ClO2S.C10H15NO2S/c2*1-10(2,3)8-4-6-9(7-5-8)14(11,12)13/h4-7H,1-3H3;4-7H,1-3H3,(H2,11,12,13)/i2*1D3,2D3,3D3,4D,5D,6D,7D. The summed E-state index contributed by atoms with van der Waals surface area (Å²) < 4.78 is 245. The summed E-state index contributed by atoms with van der Waals surface area (Å²) in [5.74, 6) is 0. The second kappa shape index (κ2) is 8.53. The normalized spacial score (nSPS) is 29.1. The molecule has 0 fully saturated rings. The number of primary sulfonamides is 1. The summed E-state index contributed by atoms with van der Waals surface area (Å²) in [6.45, 7) is -23.0. The van der Waals surface area contributed by atoms with Gasteiger partial charge in [0.2, 0.25) is 10.0 Å². The Labute approximate surface area is 209 Å². The Kier molecular flexibility index (Phi) is 1.92. The minimum Gasteiger partial charge on any atom is -0.225 e. The molecule has 0 aromatic heterocycles. The molecule has 28 heavy (non-hydrogen) atoms. The molecule has 2 aromatic rings. The largest absolute Gasteiger partial charge is 0.261 e. The van der Waals surface area contributed by atoms with Crippen LogP contribution in [0.4, 0.5) is 0 Å². The van der Waals surface area contributed by atoms with Crippen molar-refractivity contribution in [2.45, 2.75) is 61.7 Å². The number of nitrogens with two attached hydrogens (primary N) is 1. The molecular formula is C20H28ClNO4S2. The van der Waals surface area contributed by atoms with Gasteiger partial charge in [-0.25, -0.2) is 22.0 Å². The molecule has 0 heterocycles. The van der Waals surface area contributed by atoms with Crippen molar-refractivity contribution in [2.75, 3.05) is 0 Å². The summed E-state index contributed by atoms with van der Waals surface area (Å²) in [6.07, 6.45) is 0. The number of hydrogen-bond acceptors (Lipinski definition) is 4. The van der Waals surface area contributed by atoms with Gasteiger partial charge in [0.1, 0.15) is 0 Å². The van der Waals surface area contributed by atoms with E-state index >= 15 is 0 Å². The highest BCUT2D eigenvalue weighted by atomic mass is 35.7. The van der Waals surface area contributed by atoms with Crippen LogP contribution in [0.5, 0.6) is 0 Å². The highest BCUT2D eigenvalue weighted by Gasteiger charge is 2.16. The minimum absolute atomic E-state index is 1.31. The van der Waals surface area contributed by atoms with Crippen LogP contribution in [-0.4, -0.2) is 16.8 Å². The van der Waals surface area contributed by atoms with Gasteiger partial charge in [0.25, 0.3) is 9.05 Å². The van der Waals surface area contributed by atoms with E-state index in [2.05, 4.69) is 0 Å². The summed E-state index contributed by atoms with van der Waals surface area (Å²) in [5, 5.41) is 4.84. The molecule has 0 aliphatic carbocycles. The fourth-order valence-corrected chi connectivity index (χ4v) is 2.21. The number of rotatable bonds is 2. The molecule has 0 spiro atoms. The van der Waals surface area contributed by atoms with E-state index in [1.54, 1.807) is 0 Å². The van der Waals surface area contributed by atoms with Gasteiger partial charge in [0.05, 0.1) is 20.8 Å². The monoisotopic (exact) mass is 471 g/mol. The van der Waals surface area contributed by atoms with Crippen molar-refractivity contribution in [1.29, 1.82) is 0 Å². The lowest BCUT2D eigenvalue weighted by atomic mass is 9.87. The van der Waals surface area contributed by atoms with Crippen LogP contribution in [0.25, 0.3) is 0 Å². The maximum atomic E-state index is 11.6. The van der Waals surface area contributed by atoms with E-state index in [4.69, 9.17) is 51.5 Å². The first-order chi connectivity index (χ1) is 23.3. The summed E-state index contributed by atoms with van der Waals surface area (Å²) in [6, 6.07) is -11.2. The summed E-state index contributed by atoms with van der Waals surface area (Å²) in [7, 11) is -4.58. The van der Waals surface area contributed by atoms with Crippen LogP contribution in [0.3, 0.4) is 0 Å². The van der Waals surface area contributed by atoms with E-state index in [0.29, 0.717) is 0 Å². The zero-order chi connectivity index (χ0) is 43.9. The van der Waals surface area contributed by atoms with Crippen molar-refractivity contribution in [2.24, 2.45) is 5.14 Å². The topological polar surface area (TPSA) is 94.3 Å². The van der Waals surface area contributed by atoms with Gasteiger partial charge >= 0.3 is 0 Å². The zero-order valence-electron chi connectivity index (χ0n) is 39.4. The molecule has 0 saturated heterocycles. The SMILES string of the molecule is [2H]c1c([2H])c(S(=O)(=O)Cl)c([2H])c([2H])c1C(C([2H])([2H])[2H])(C([2H])([2H])[2H])C([2H])([2H])[2H].[2H]c1c([2H])c(S(N)(=O)=O)c([2H])c([2H])c1C(C([2H])([2H])[2H])(C([2H])([2H])[2H])C([2H])([2H])[2H]. The maximum Gasteiger partial charge on any atom is 0.261 e. The predicted octanol–water partition coefficient (Wildman–Crippen LogP) is 4.54. The quantitative estimate of drug-likeness (QED) is 0.650. The van der Waals surface area contributed by atoms with Crippen LogP contribution in [0.1, 0.15) is 87.9 Å². The summed E-state index contributed by atoms with van der Waals surface area (Å²) >= 11 is 0. The third-order valence-electron chi connectivity index (χ3n) is 2.48. The van der Waals surface area contributed by atoms with Gasteiger partial charge in [-0.05, 0) is 46.1 Å². The molecule has 2 N–H and O–H groups in total. The molecule has 2 rings (SSSR count). The summed E-state index contributed by atoms with van der Waals surface area (Å²) in [5.41, 5.74) is -10.5. The lowest BCUT2D eigenvalue weighted by Gasteiger charge is -2.18. The number of halogens is 1. The molecule has 5 nitrogen and oxygen atoms in total. The Morgan fingerprint density at radius 2 is 1.07 bits per heavy atom. The van der Waals surface area contributed by atoms with Gasteiger partial charge < -0.3 is 0 Å². The maximum absolute atomic E-state index is 11.6. The Hall–Kier alpha value is -1.41. The molecular weight excluding hydrogens is 418 g/mol. The van der Waals surface area contributed by atoms with Crippen molar-refractivity contribution < 1.29 is 52.5 Å². The molecule has 0 amide bonds. The van der Waals surface area contributed by atoms with Crippen molar-refractivity contribution in [1.82, 2.24) is 0 Å². The molecule has 8 heteroatoms. The van der Waals surface area contributed by atoms with Gasteiger partial charge in [-0.15, -0.1) is 0 Å². The Morgan fingerprint density at radius 1 is 0.750 bits per heavy atom. The fourth-order valence-electron chi connectivity index (χ4n) is 1.24. The first kappa shape index (κ1) is 6.30. The summed E-state index contributed by atoms with van der Waals surface area (Å²) in [4.78, 5) is -2.63. The van der Waals surface area contributed by atoms with Gasteiger partial charge in [0.15, 0.2) is 0 Å². The molecule has 0 unspecified atom stereocenters. The first-order valence-electron chi connectivity index (χ1n) is 19.5. The van der Waals surface area contributed by atoms with Crippen LogP contribution in [0.15, 0.2) is 58.1 Å². The van der Waals surface area contributed by atoms with E-state index in [-0.39, 0.29) is 0 Å². The van der Waals surface area contributed by atoms with E-state index in [1.807, 2.05) is 0 Å². The minimum atomic E-state index is -4.84. The van der Waals surface area contributed by atoms with E-state index < -0.39 is 140 Å². The second-order valence-electron chi connectivity index (χ2n) is 4.89. The van der Waals surface area contributed by atoms with Crippen LogP contribution < -0.4 is 5.14 Å². The first-order valence-corrected chi connectivity index (χ1v) is 10.3. The third kappa shape index (κ3) is 7.54. The average Bonchev–Trinajstić information content (AvgIpc) is 2.85. The van der Waals surface area contributed by atoms with Gasteiger partial charge in [-0.2, -0.15) is 0 Å². The lowest BCUT2D eigenvalue weighted by molar-refractivity contribution is 0.586. The third-order valence-corrected chi connectivity index (χ3v) is 4.41. The van der Waals surface area contributed by atoms with E-state index in [1.165, 1.54) is 0 Å². The molecule has 0 saturated carbocycles. The molecule has 156 valence electrons. The van der Waals surface area contributed by atoms with Crippen LogP contribution in [0, 0.1) is 0 Å². The molecule has 0 bridgehead atoms. The van der Waals surface area contributed by atoms with Gasteiger partial charge in [-0.1, -0.05) is 65.3 Å². The number of hydrogen-bond donors (Lipinski definition) is 1. The van der Waals surface area contributed by atoms with Crippen molar-refractivity contribution in [3.05, 3.63) is 59.5 Å². The van der Waals surface area contributed by atoms with Crippen molar-refractivity contribution >= 4 is 29.8 Å². The Morgan fingerprint density at radius 3 is 1.32 bits per heavy atom. The van der Waals surface area contributed by atoms with E-state index in [0.717, 1.165) is 0 Å². The number of benzene rings is 2. The molecule has 0 radical (unpaired) electrons. The predicted molar refractivity (Wildman–Crippen MR) is 115 cm³/mol. The highest BCUT2D eigenvalue weighted by Crippen LogP contribution is 2.24. The average molecular weight is 472 g/mol. The lowest BCUT2D eigenvalue weighted by Crippen LogP contribution is -2.14. The van der Waals surface area contributed by atoms with Gasteiger partial charge in [-0.3, -0.25) is 0 Å². The van der Waals surface area contributed by atoms with E-state index in [9.17, 15) is 16.8 Å². The molecule has 0 aliphatic rings. The van der Waals surface area contributed by atoms with Crippen molar-refractivity contribution in [3.63, 3.8) is 0 Å². The Balaban J connectivity index is 0.000000540. The molecule has 0 aliphatic heterocycles. The molecule has 0 atom stereocenters. The van der Waals surface area contributed by atoms with Crippen LogP contribution in [-0.2, 0) is 29.9 Å². The van der Waals surface area contributed by atoms with Crippen molar-refractivity contribution in [3.8, 4) is 0 Å². The zero-order valence-corrected chi connectivity index (χ0v) is 15.8.